The molecule has 0 fully saturated rings. The van der Waals surface area contributed by atoms with Gasteiger partial charge in [-0.1, -0.05) is 6.92 Å². The summed E-state index contributed by atoms with van der Waals surface area (Å²) in [4.78, 5) is 17.2. The van der Waals surface area contributed by atoms with Crippen molar-refractivity contribution in [2.24, 2.45) is 0 Å². The van der Waals surface area contributed by atoms with Gasteiger partial charge in [0, 0.05) is 10.4 Å². The van der Waals surface area contributed by atoms with Crippen LogP contribution in [0.1, 0.15) is 16.8 Å². The van der Waals surface area contributed by atoms with Gasteiger partial charge in [-0.3, -0.25) is 4.79 Å². The SMILES string of the molecule is CCc1nc(-c2ccc3c(c2)NC(=O)CO3)c(C)s1. The van der Waals surface area contributed by atoms with Crippen LogP contribution in [0, 0.1) is 6.92 Å². The Morgan fingerprint density at radius 1 is 1.47 bits per heavy atom. The van der Waals surface area contributed by atoms with Crippen molar-refractivity contribution in [1.82, 2.24) is 4.98 Å². The molecular weight excluding hydrogens is 260 g/mol. The number of hydrogen-bond donors (Lipinski definition) is 1. The van der Waals surface area contributed by atoms with Gasteiger partial charge in [-0.05, 0) is 31.5 Å². The molecule has 0 spiro atoms. The second-order valence-electron chi connectivity index (χ2n) is 4.41. The molecular formula is C14H14N2O2S. The number of aryl methyl sites for hydroxylation is 2. The van der Waals surface area contributed by atoms with Crippen molar-refractivity contribution in [2.75, 3.05) is 11.9 Å². The molecule has 1 amide bonds. The average molecular weight is 274 g/mol. The lowest BCUT2D eigenvalue weighted by atomic mass is 10.1. The van der Waals surface area contributed by atoms with Gasteiger partial charge >= 0.3 is 0 Å². The van der Waals surface area contributed by atoms with Crippen LogP contribution in [-0.4, -0.2) is 17.5 Å². The van der Waals surface area contributed by atoms with E-state index in [0.717, 1.165) is 28.4 Å². The van der Waals surface area contributed by atoms with Gasteiger partial charge in [-0.2, -0.15) is 0 Å². The molecule has 2 aromatic rings. The number of fused-ring (bicyclic) bond motifs is 1. The number of benzene rings is 1. The number of nitrogens with one attached hydrogen (secondary N) is 1. The first-order chi connectivity index (χ1) is 9.17. The minimum Gasteiger partial charge on any atom is -0.482 e. The Morgan fingerprint density at radius 2 is 2.32 bits per heavy atom. The van der Waals surface area contributed by atoms with Crippen LogP contribution in [0.4, 0.5) is 5.69 Å². The zero-order valence-corrected chi connectivity index (χ0v) is 11.6. The second kappa shape index (κ2) is 4.66. The first-order valence-corrected chi connectivity index (χ1v) is 7.02. The summed E-state index contributed by atoms with van der Waals surface area (Å²) in [6.07, 6.45) is 0.941. The van der Waals surface area contributed by atoms with Gasteiger partial charge in [0.15, 0.2) is 6.61 Å². The quantitative estimate of drug-likeness (QED) is 0.915. The van der Waals surface area contributed by atoms with Crippen molar-refractivity contribution in [3.05, 3.63) is 28.1 Å². The summed E-state index contributed by atoms with van der Waals surface area (Å²) in [5.74, 6) is 0.598. The van der Waals surface area contributed by atoms with Crippen LogP contribution in [0.15, 0.2) is 18.2 Å². The summed E-state index contributed by atoms with van der Waals surface area (Å²) >= 11 is 1.72. The van der Waals surface area contributed by atoms with Gasteiger partial charge < -0.3 is 10.1 Å². The zero-order chi connectivity index (χ0) is 13.4. The summed E-state index contributed by atoms with van der Waals surface area (Å²) < 4.78 is 5.35. The Labute approximate surface area is 115 Å². The number of nitrogens with zero attached hydrogens (tertiary/aromatic N) is 1. The molecule has 98 valence electrons. The number of carbonyl (C=O) groups is 1. The van der Waals surface area contributed by atoms with Crippen LogP contribution < -0.4 is 10.1 Å². The van der Waals surface area contributed by atoms with Crippen molar-refractivity contribution in [2.45, 2.75) is 20.3 Å². The lowest BCUT2D eigenvalue weighted by Gasteiger charge is -2.18. The summed E-state index contributed by atoms with van der Waals surface area (Å²) in [7, 11) is 0. The van der Waals surface area contributed by atoms with Crippen LogP contribution in [0.5, 0.6) is 5.75 Å². The Morgan fingerprint density at radius 3 is 3.05 bits per heavy atom. The van der Waals surface area contributed by atoms with E-state index >= 15 is 0 Å². The first-order valence-electron chi connectivity index (χ1n) is 6.20. The van der Waals surface area contributed by atoms with Crippen molar-refractivity contribution in [1.29, 1.82) is 0 Å². The Hall–Kier alpha value is -1.88. The minimum absolute atomic E-state index is 0.0854. The molecule has 1 aromatic heterocycles. The molecule has 0 unspecified atom stereocenters. The number of anilines is 1. The Bertz CT molecular complexity index is 649. The normalized spacial score (nSPS) is 13.7. The number of amides is 1. The van der Waals surface area contributed by atoms with Gasteiger partial charge in [-0.25, -0.2) is 4.98 Å². The minimum atomic E-state index is -0.117. The number of rotatable bonds is 2. The monoisotopic (exact) mass is 274 g/mol. The fourth-order valence-electron chi connectivity index (χ4n) is 2.10. The molecule has 0 radical (unpaired) electrons. The summed E-state index contributed by atoms with van der Waals surface area (Å²) in [5, 5.41) is 3.95. The van der Waals surface area contributed by atoms with Gasteiger partial charge in [0.25, 0.3) is 5.91 Å². The zero-order valence-electron chi connectivity index (χ0n) is 10.8. The van der Waals surface area contributed by atoms with E-state index in [2.05, 4.69) is 24.1 Å². The molecule has 4 nitrogen and oxygen atoms in total. The molecule has 1 N–H and O–H groups in total. The predicted molar refractivity (Wildman–Crippen MR) is 75.8 cm³/mol. The lowest BCUT2D eigenvalue weighted by molar-refractivity contribution is -0.118. The smallest absolute Gasteiger partial charge is 0.262 e. The van der Waals surface area contributed by atoms with Crippen LogP contribution in [0.3, 0.4) is 0 Å². The van der Waals surface area contributed by atoms with Crippen LogP contribution in [0.25, 0.3) is 11.3 Å². The Kier molecular flexibility index (Phi) is 2.98. The summed E-state index contributed by atoms with van der Waals surface area (Å²) in [5.41, 5.74) is 2.72. The molecule has 0 aliphatic carbocycles. The van der Waals surface area contributed by atoms with E-state index in [1.165, 1.54) is 4.88 Å². The van der Waals surface area contributed by atoms with E-state index in [4.69, 9.17) is 4.74 Å². The van der Waals surface area contributed by atoms with Crippen LogP contribution >= 0.6 is 11.3 Å². The van der Waals surface area contributed by atoms with Crippen molar-refractivity contribution >= 4 is 22.9 Å². The maximum atomic E-state index is 11.3. The third kappa shape index (κ3) is 2.21. The fourth-order valence-corrected chi connectivity index (χ4v) is 3.00. The lowest BCUT2D eigenvalue weighted by Crippen LogP contribution is -2.25. The maximum Gasteiger partial charge on any atom is 0.262 e. The van der Waals surface area contributed by atoms with E-state index in [1.54, 1.807) is 11.3 Å². The molecule has 1 aromatic carbocycles. The highest BCUT2D eigenvalue weighted by Gasteiger charge is 2.17. The van der Waals surface area contributed by atoms with Gasteiger partial charge in [-0.15, -0.1) is 11.3 Å². The van der Waals surface area contributed by atoms with Gasteiger partial charge in [0.1, 0.15) is 5.75 Å². The molecule has 5 heteroatoms. The highest BCUT2D eigenvalue weighted by atomic mass is 32.1. The van der Waals surface area contributed by atoms with E-state index in [0.29, 0.717) is 5.75 Å². The topological polar surface area (TPSA) is 51.2 Å². The third-order valence-electron chi connectivity index (χ3n) is 3.03. The van der Waals surface area contributed by atoms with E-state index in [-0.39, 0.29) is 12.5 Å². The number of hydrogen-bond acceptors (Lipinski definition) is 4. The number of aromatic nitrogens is 1. The first kappa shape index (κ1) is 12.2. The summed E-state index contributed by atoms with van der Waals surface area (Å²) in [6, 6.07) is 5.79. The average Bonchev–Trinajstić information content (AvgIpc) is 2.79. The molecule has 0 saturated carbocycles. The molecule has 3 rings (SSSR count). The van der Waals surface area contributed by atoms with Crippen LogP contribution in [-0.2, 0) is 11.2 Å². The molecule has 19 heavy (non-hydrogen) atoms. The molecule has 0 bridgehead atoms. The molecule has 0 saturated heterocycles. The number of ether oxygens (including phenoxy) is 1. The Balaban J connectivity index is 2.03. The van der Waals surface area contributed by atoms with E-state index in [9.17, 15) is 4.79 Å². The third-order valence-corrected chi connectivity index (χ3v) is 4.14. The largest absolute Gasteiger partial charge is 0.482 e. The van der Waals surface area contributed by atoms with E-state index in [1.807, 2.05) is 18.2 Å². The molecule has 1 aliphatic heterocycles. The number of thiazole rings is 1. The molecule has 0 atom stereocenters. The number of carbonyl (C=O) groups excluding carboxylic acids is 1. The van der Waals surface area contributed by atoms with Crippen molar-refractivity contribution in [3.63, 3.8) is 0 Å². The van der Waals surface area contributed by atoms with Gasteiger partial charge in [0.2, 0.25) is 0 Å². The maximum absolute atomic E-state index is 11.3. The predicted octanol–water partition coefficient (Wildman–Crippen LogP) is 3.01. The highest BCUT2D eigenvalue weighted by Crippen LogP contribution is 2.34. The van der Waals surface area contributed by atoms with Crippen molar-refractivity contribution in [3.8, 4) is 17.0 Å². The second-order valence-corrected chi connectivity index (χ2v) is 5.70. The standard InChI is InChI=1S/C14H14N2O2S/c1-3-13-16-14(8(2)19-13)9-4-5-11-10(6-9)15-12(17)7-18-11/h4-6H,3,7H2,1-2H3,(H,15,17). The highest BCUT2D eigenvalue weighted by molar-refractivity contribution is 7.12. The molecule has 2 heterocycles. The van der Waals surface area contributed by atoms with Crippen LogP contribution in [0.2, 0.25) is 0 Å². The van der Waals surface area contributed by atoms with Crippen molar-refractivity contribution < 1.29 is 9.53 Å². The fraction of sp³-hybridized carbons (Fsp3) is 0.286. The molecule has 1 aliphatic rings. The summed E-state index contributed by atoms with van der Waals surface area (Å²) in [6.45, 7) is 4.26. The van der Waals surface area contributed by atoms with Gasteiger partial charge in [0.05, 0.1) is 16.4 Å². The van der Waals surface area contributed by atoms with E-state index < -0.39 is 0 Å².